The maximum atomic E-state index is 6.20. The highest BCUT2D eigenvalue weighted by Crippen LogP contribution is 2.38. The number of benzene rings is 1. The van der Waals surface area contributed by atoms with Crippen LogP contribution in [-0.2, 0) is 0 Å². The standard InChI is InChI=1S/C16H12ClNOS2/c1-18-15(14-8-13-12(21-14)5-6-20-13)11-7-9-3-2-4-10(17)16(9)19-11/h2-8,15,18H,1H3. The van der Waals surface area contributed by atoms with E-state index in [2.05, 4.69) is 28.9 Å². The van der Waals surface area contributed by atoms with Crippen LogP contribution < -0.4 is 5.32 Å². The van der Waals surface area contributed by atoms with E-state index in [0.717, 1.165) is 16.7 Å². The van der Waals surface area contributed by atoms with Crippen molar-refractivity contribution >= 4 is 54.6 Å². The minimum atomic E-state index is 0.0538. The lowest BCUT2D eigenvalue weighted by molar-refractivity contribution is 0.495. The number of para-hydroxylation sites is 1. The Morgan fingerprint density at radius 2 is 2.10 bits per heavy atom. The molecule has 0 aliphatic heterocycles. The van der Waals surface area contributed by atoms with Crippen LogP contribution in [0.2, 0.25) is 5.02 Å². The zero-order valence-corrected chi connectivity index (χ0v) is 13.6. The predicted molar refractivity (Wildman–Crippen MR) is 91.8 cm³/mol. The van der Waals surface area contributed by atoms with Crippen LogP contribution in [0.4, 0.5) is 0 Å². The number of rotatable bonds is 3. The van der Waals surface area contributed by atoms with Gasteiger partial charge in [-0.25, -0.2) is 0 Å². The van der Waals surface area contributed by atoms with Crippen molar-refractivity contribution in [3.8, 4) is 0 Å². The average molecular weight is 334 g/mol. The highest BCUT2D eigenvalue weighted by molar-refractivity contribution is 7.27. The van der Waals surface area contributed by atoms with Crippen LogP contribution in [0.15, 0.2) is 46.2 Å². The second-order valence-electron chi connectivity index (χ2n) is 4.83. The lowest BCUT2D eigenvalue weighted by atomic mass is 10.1. The third kappa shape index (κ3) is 2.19. The first kappa shape index (κ1) is 13.3. The maximum absolute atomic E-state index is 6.20. The summed E-state index contributed by atoms with van der Waals surface area (Å²) in [5.74, 6) is 0.898. The third-order valence-electron chi connectivity index (χ3n) is 3.53. The Morgan fingerprint density at radius 1 is 1.19 bits per heavy atom. The fourth-order valence-electron chi connectivity index (χ4n) is 2.54. The molecule has 1 aromatic carbocycles. The molecule has 0 fully saturated rings. The molecule has 4 rings (SSSR count). The summed E-state index contributed by atoms with van der Waals surface area (Å²) >= 11 is 9.77. The number of halogens is 1. The normalized spacial score (nSPS) is 13.2. The molecule has 106 valence electrons. The van der Waals surface area contributed by atoms with Crippen molar-refractivity contribution in [2.24, 2.45) is 0 Å². The molecule has 3 aromatic heterocycles. The van der Waals surface area contributed by atoms with Gasteiger partial charge in [-0.1, -0.05) is 23.7 Å². The summed E-state index contributed by atoms with van der Waals surface area (Å²) in [6, 6.07) is 12.3. The van der Waals surface area contributed by atoms with E-state index in [1.54, 1.807) is 22.7 Å². The molecule has 0 radical (unpaired) electrons. The number of furan rings is 1. The molecule has 0 amide bonds. The lowest BCUT2D eigenvalue weighted by Gasteiger charge is -2.10. The molecule has 1 atom stereocenters. The minimum absolute atomic E-state index is 0.0538. The Kier molecular flexibility index (Phi) is 3.27. The molecule has 0 saturated carbocycles. The molecule has 0 saturated heterocycles. The summed E-state index contributed by atoms with van der Waals surface area (Å²) in [6.07, 6.45) is 0. The topological polar surface area (TPSA) is 25.2 Å². The van der Waals surface area contributed by atoms with Crippen molar-refractivity contribution in [1.29, 1.82) is 0 Å². The molecule has 1 unspecified atom stereocenters. The second-order valence-corrected chi connectivity index (χ2v) is 7.30. The SMILES string of the molecule is CNC(c1cc2cccc(Cl)c2o1)c1cc2sccc2s1. The van der Waals surface area contributed by atoms with Gasteiger partial charge in [-0.15, -0.1) is 22.7 Å². The Balaban J connectivity index is 1.83. The summed E-state index contributed by atoms with van der Waals surface area (Å²) < 4.78 is 8.64. The molecule has 0 aliphatic rings. The number of thiophene rings is 2. The van der Waals surface area contributed by atoms with Crippen LogP contribution >= 0.6 is 34.3 Å². The van der Waals surface area contributed by atoms with E-state index < -0.39 is 0 Å². The Labute approximate surface area is 135 Å². The molecule has 5 heteroatoms. The third-order valence-corrected chi connectivity index (χ3v) is 5.99. The van der Waals surface area contributed by atoms with E-state index in [4.69, 9.17) is 16.0 Å². The lowest BCUT2D eigenvalue weighted by Crippen LogP contribution is -2.15. The van der Waals surface area contributed by atoms with Crippen LogP contribution in [0.5, 0.6) is 0 Å². The summed E-state index contributed by atoms with van der Waals surface area (Å²) in [6.45, 7) is 0. The van der Waals surface area contributed by atoms with Gasteiger partial charge in [0.25, 0.3) is 0 Å². The van der Waals surface area contributed by atoms with Crippen molar-refractivity contribution in [2.45, 2.75) is 6.04 Å². The van der Waals surface area contributed by atoms with Gasteiger partial charge < -0.3 is 9.73 Å². The van der Waals surface area contributed by atoms with Gasteiger partial charge in [0.1, 0.15) is 11.8 Å². The van der Waals surface area contributed by atoms with Gasteiger partial charge >= 0.3 is 0 Å². The summed E-state index contributed by atoms with van der Waals surface area (Å²) in [4.78, 5) is 1.26. The number of hydrogen-bond donors (Lipinski definition) is 1. The first-order valence-corrected chi connectivity index (χ1v) is 8.66. The molecule has 21 heavy (non-hydrogen) atoms. The molecule has 0 spiro atoms. The van der Waals surface area contributed by atoms with E-state index in [1.165, 1.54) is 14.3 Å². The van der Waals surface area contributed by atoms with Gasteiger partial charge in [-0.05, 0) is 36.7 Å². The average Bonchev–Trinajstić information content (AvgIpc) is 3.13. The summed E-state index contributed by atoms with van der Waals surface area (Å²) in [7, 11) is 1.95. The first-order chi connectivity index (χ1) is 10.3. The van der Waals surface area contributed by atoms with Gasteiger partial charge in [0.05, 0.1) is 5.02 Å². The smallest absolute Gasteiger partial charge is 0.152 e. The molecular formula is C16H12ClNOS2. The number of hydrogen-bond acceptors (Lipinski definition) is 4. The van der Waals surface area contributed by atoms with Crippen LogP contribution in [-0.4, -0.2) is 7.05 Å². The molecular weight excluding hydrogens is 322 g/mol. The van der Waals surface area contributed by atoms with Crippen molar-refractivity contribution in [3.63, 3.8) is 0 Å². The zero-order chi connectivity index (χ0) is 14.4. The molecule has 2 nitrogen and oxygen atoms in total. The molecule has 4 aromatic rings. The van der Waals surface area contributed by atoms with Gasteiger partial charge in [0.2, 0.25) is 0 Å². The minimum Gasteiger partial charge on any atom is -0.457 e. The van der Waals surface area contributed by atoms with Crippen LogP contribution in [0.1, 0.15) is 16.7 Å². The Bertz CT molecular complexity index is 892. The number of fused-ring (bicyclic) bond motifs is 2. The van der Waals surface area contributed by atoms with E-state index in [-0.39, 0.29) is 6.04 Å². The Hall–Kier alpha value is -1.33. The van der Waals surface area contributed by atoms with E-state index in [9.17, 15) is 0 Å². The molecule has 0 bridgehead atoms. The van der Waals surface area contributed by atoms with Gasteiger partial charge in [-0.3, -0.25) is 0 Å². The van der Waals surface area contributed by atoms with Gasteiger partial charge in [0, 0.05) is 19.7 Å². The van der Waals surface area contributed by atoms with Crippen molar-refractivity contribution in [2.75, 3.05) is 7.05 Å². The van der Waals surface area contributed by atoms with Crippen LogP contribution in [0, 0.1) is 0 Å². The summed E-state index contributed by atoms with van der Waals surface area (Å²) in [5.41, 5.74) is 0.757. The molecule has 1 N–H and O–H groups in total. The maximum Gasteiger partial charge on any atom is 0.152 e. The fraction of sp³-hybridized carbons (Fsp3) is 0.125. The van der Waals surface area contributed by atoms with Gasteiger partial charge in [0.15, 0.2) is 5.58 Å². The van der Waals surface area contributed by atoms with Crippen LogP contribution in [0.25, 0.3) is 20.4 Å². The van der Waals surface area contributed by atoms with Crippen molar-refractivity contribution in [1.82, 2.24) is 5.32 Å². The highest BCUT2D eigenvalue weighted by Gasteiger charge is 2.20. The second kappa shape index (κ2) is 5.14. The fourth-order valence-corrected chi connectivity index (χ4v) is 5.00. The monoisotopic (exact) mass is 333 g/mol. The van der Waals surface area contributed by atoms with Gasteiger partial charge in [-0.2, -0.15) is 0 Å². The van der Waals surface area contributed by atoms with E-state index in [1.807, 2.05) is 25.2 Å². The quantitative estimate of drug-likeness (QED) is 0.522. The summed E-state index contributed by atoms with van der Waals surface area (Å²) in [5, 5.41) is 7.16. The highest BCUT2D eigenvalue weighted by atomic mass is 35.5. The van der Waals surface area contributed by atoms with E-state index >= 15 is 0 Å². The zero-order valence-electron chi connectivity index (χ0n) is 11.2. The first-order valence-electron chi connectivity index (χ1n) is 6.58. The Morgan fingerprint density at radius 3 is 2.86 bits per heavy atom. The largest absolute Gasteiger partial charge is 0.457 e. The predicted octanol–water partition coefficient (Wildman–Crippen LogP) is 5.67. The molecule has 3 heterocycles. The van der Waals surface area contributed by atoms with Crippen LogP contribution in [0.3, 0.4) is 0 Å². The van der Waals surface area contributed by atoms with E-state index in [0.29, 0.717) is 5.02 Å². The number of nitrogens with one attached hydrogen (secondary N) is 1. The molecule has 0 aliphatic carbocycles. The van der Waals surface area contributed by atoms with Crippen molar-refractivity contribution in [3.05, 3.63) is 57.4 Å². The van der Waals surface area contributed by atoms with Crippen molar-refractivity contribution < 1.29 is 4.42 Å².